The van der Waals surface area contributed by atoms with Crippen LogP contribution in [0.4, 0.5) is 0 Å². The summed E-state index contributed by atoms with van der Waals surface area (Å²) in [5.74, 6) is 1.48. The van der Waals surface area contributed by atoms with Gasteiger partial charge in [0.2, 0.25) is 0 Å². The van der Waals surface area contributed by atoms with Gasteiger partial charge in [-0.2, -0.15) is 0 Å². The zero-order chi connectivity index (χ0) is 33.5. The predicted octanol–water partition coefficient (Wildman–Crippen LogP) is 11.9. The second-order valence-corrected chi connectivity index (χ2v) is 13.0. The number of rotatable bonds is 4. The summed E-state index contributed by atoms with van der Waals surface area (Å²) in [7, 11) is 0. The van der Waals surface area contributed by atoms with E-state index in [0.29, 0.717) is 5.82 Å². The van der Waals surface area contributed by atoms with Crippen LogP contribution in [0.2, 0.25) is 0 Å². The number of nitrogens with zero attached hydrogens (tertiary/aromatic N) is 4. The smallest absolute Gasteiger partial charge is 0.162 e. The summed E-state index contributed by atoms with van der Waals surface area (Å²) in [6.07, 6.45) is 0. The number of benzene rings is 7. The van der Waals surface area contributed by atoms with Gasteiger partial charge < -0.3 is 8.98 Å². The molecule has 5 heteroatoms. The fraction of sp³-hybridized carbons (Fsp3) is 0. The molecule has 5 nitrogen and oxygen atoms in total. The number of hydrogen-bond donors (Lipinski definition) is 0. The lowest BCUT2D eigenvalue weighted by Gasteiger charge is -2.12. The van der Waals surface area contributed by atoms with E-state index in [9.17, 15) is 0 Å². The Morgan fingerprint density at radius 1 is 0.373 bits per heavy atom. The van der Waals surface area contributed by atoms with Gasteiger partial charge in [-0.05, 0) is 60.7 Å². The van der Waals surface area contributed by atoms with Gasteiger partial charge in [0.1, 0.15) is 17.0 Å². The standard InChI is InChI=1S/C46H28N4O/c1-2-12-29(13-3-1)38-28-45(50-41-20-10-6-16-34(41)35-17-7-11-21-42(35)50)48-46(47-38)30-22-24-43-36(26-30)37-27-31(23-25-44(37)51-43)49-39-18-8-4-14-32(39)33-15-5-9-19-40(33)49/h1-28H. The van der Waals surface area contributed by atoms with Gasteiger partial charge in [-0.1, -0.05) is 103 Å². The molecule has 51 heavy (non-hydrogen) atoms. The number of aromatic nitrogens is 4. The summed E-state index contributed by atoms with van der Waals surface area (Å²) in [5, 5.41) is 6.94. The van der Waals surface area contributed by atoms with E-state index in [1.54, 1.807) is 0 Å². The van der Waals surface area contributed by atoms with E-state index in [4.69, 9.17) is 14.4 Å². The van der Waals surface area contributed by atoms with E-state index in [1.807, 2.05) is 12.1 Å². The SMILES string of the molecule is c1ccc(-c2cc(-n3c4ccccc4c4ccccc43)nc(-c3ccc4oc5ccc(-n6c7ccccc7c7ccccc76)cc5c4c3)n2)cc1. The predicted molar refractivity (Wildman–Crippen MR) is 209 cm³/mol. The molecule has 11 aromatic rings. The van der Waals surface area contributed by atoms with Crippen LogP contribution in [-0.4, -0.2) is 19.1 Å². The van der Waals surface area contributed by atoms with Crippen LogP contribution in [-0.2, 0) is 0 Å². The summed E-state index contributed by atoms with van der Waals surface area (Å²) in [5.41, 5.74) is 10.2. The lowest BCUT2D eigenvalue weighted by molar-refractivity contribution is 0.669. The first-order valence-electron chi connectivity index (χ1n) is 17.2. The van der Waals surface area contributed by atoms with Crippen LogP contribution in [0.5, 0.6) is 0 Å². The van der Waals surface area contributed by atoms with E-state index < -0.39 is 0 Å². The Bertz CT molecular complexity index is 3040. The first kappa shape index (κ1) is 27.9. The van der Waals surface area contributed by atoms with Crippen molar-refractivity contribution in [2.75, 3.05) is 0 Å². The molecule has 0 atom stereocenters. The Labute approximate surface area is 292 Å². The van der Waals surface area contributed by atoms with E-state index in [2.05, 4.69) is 167 Å². The monoisotopic (exact) mass is 652 g/mol. The zero-order valence-electron chi connectivity index (χ0n) is 27.4. The molecule has 0 amide bonds. The van der Waals surface area contributed by atoms with E-state index in [0.717, 1.165) is 61.3 Å². The van der Waals surface area contributed by atoms with Crippen molar-refractivity contribution in [3.05, 3.63) is 170 Å². The number of furan rings is 1. The Kier molecular flexibility index (Phi) is 5.89. The van der Waals surface area contributed by atoms with Gasteiger partial charge in [0, 0.05) is 55.2 Å². The van der Waals surface area contributed by atoms with E-state index in [1.165, 1.54) is 32.6 Å². The maximum Gasteiger partial charge on any atom is 0.162 e. The minimum absolute atomic E-state index is 0.656. The molecule has 0 N–H and O–H groups in total. The molecule has 4 heterocycles. The van der Waals surface area contributed by atoms with Crippen LogP contribution >= 0.6 is 0 Å². The Morgan fingerprint density at radius 2 is 0.882 bits per heavy atom. The summed E-state index contributed by atoms with van der Waals surface area (Å²) in [4.78, 5) is 10.5. The largest absolute Gasteiger partial charge is 0.456 e. The summed E-state index contributed by atoms with van der Waals surface area (Å²) in [6, 6.07) is 59.5. The molecule has 0 aliphatic carbocycles. The molecule has 4 aromatic heterocycles. The van der Waals surface area contributed by atoms with Crippen LogP contribution in [0, 0.1) is 0 Å². The highest BCUT2D eigenvalue weighted by Gasteiger charge is 2.18. The number of fused-ring (bicyclic) bond motifs is 9. The summed E-state index contributed by atoms with van der Waals surface area (Å²) < 4.78 is 11.0. The Hall–Kier alpha value is -6.98. The maximum atomic E-state index is 6.41. The fourth-order valence-corrected chi connectivity index (χ4v) is 7.85. The molecule has 0 aliphatic rings. The first-order chi connectivity index (χ1) is 25.3. The van der Waals surface area contributed by atoms with Crippen molar-refractivity contribution in [2.24, 2.45) is 0 Å². The average molecular weight is 653 g/mol. The normalized spacial score (nSPS) is 11.9. The van der Waals surface area contributed by atoms with Crippen molar-refractivity contribution in [3.8, 4) is 34.2 Å². The zero-order valence-corrected chi connectivity index (χ0v) is 27.4. The van der Waals surface area contributed by atoms with Gasteiger partial charge in [0.25, 0.3) is 0 Å². The van der Waals surface area contributed by atoms with Gasteiger partial charge in [-0.3, -0.25) is 4.57 Å². The molecule has 11 rings (SSSR count). The molecule has 0 saturated carbocycles. The van der Waals surface area contributed by atoms with Crippen LogP contribution in [0.25, 0.3) is 99.7 Å². The van der Waals surface area contributed by atoms with Gasteiger partial charge in [0.15, 0.2) is 5.82 Å². The topological polar surface area (TPSA) is 48.8 Å². The molecule has 0 aliphatic heterocycles. The molecule has 0 radical (unpaired) electrons. The van der Waals surface area contributed by atoms with Gasteiger partial charge in [0.05, 0.1) is 27.8 Å². The highest BCUT2D eigenvalue weighted by atomic mass is 16.3. The maximum absolute atomic E-state index is 6.41. The van der Waals surface area contributed by atoms with Crippen molar-refractivity contribution in [2.45, 2.75) is 0 Å². The van der Waals surface area contributed by atoms with Crippen molar-refractivity contribution < 1.29 is 4.42 Å². The van der Waals surface area contributed by atoms with Crippen molar-refractivity contribution >= 4 is 65.6 Å². The molecule has 0 fully saturated rings. The van der Waals surface area contributed by atoms with E-state index in [-0.39, 0.29) is 0 Å². The molecule has 0 unspecified atom stereocenters. The minimum Gasteiger partial charge on any atom is -0.456 e. The lowest BCUT2D eigenvalue weighted by Crippen LogP contribution is -2.02. The summed E-state index contributed by atoms with van der Waals surface area (Å²) >= 11 is 0. The van der Waals surface area contributed by atoms with Crippen LogP contribution in [0.15, 0.2) is 174 Å². The third kappa shape index (κ3) is 4.22. The first-order valence-corrected chi connectivity index (χ1v) is 17.2. The molecule has 238 valence electrons. The second-order valence-electron chi connectivity index (χ2n) is 13.0. The van der Waals surface area contributed by atoms with Gasteiger partial charge in [-0.15, -0.1) is 0 Å². The van der Waals surface area contributed by atoms with E-state index >= 15 is 0 Å². The lowest BCUT2D eigenvalue weighted by atomic mass is 10.1. The highest BCUT2D eigenvalue weighted by molar-refractivity contribution is 6.11. The summed E-state index contributed by atoms with van der Waals surface area (Å²) in [6.45, 7) is 0. The number of hydrogen-bond acceptors (Lipinski definition) is 3. The third-order valence-corrected chi connectivity index (χ3v) is 10.1. The van der Waals surface area contributed by atoms with Crippen LogP contribution in [0.1, 0.15) is 0 Å². The van der Waals surface area contributed by atoms with Crippen molar-refractivity contribution in [3.63, 3.8) is 0 Å². The van der Waals surface area contributed by atoms with Crippen LogP contribution in [0.3, 0.4) is 0 Å². The van der Waals surface area contributed by atoms with Crippen molar-refractivity contribution in [1.29, 1.82) is 0 Å². The average Bonchev–Trinajstić information content (AvgIpc) is 3.85. The Morgan fingerprint density at radius 3 is 1.49 bits per heavy atom. The van der Waals surface area contributed by atoms with Gasteiger partial charge >= 0.3 is 0 Å². The van der Waals surface area contributed by atoms with Gasteiger partial charge in [-0.25, -0.2) is 9.97 Å². The molecule has 0 bridgehead atoms. The van der Waals surface area contributed by atoms with Crippen LogP contribution < -0.4 is 0 Å². The number of para-hydroxylation sites is 4. The fourth-order valence-electron chi connectivity index (χ4n) is 7.85. The highest BCUT2D eigenvalue weighted by Crippen LogP contribution is 2.38. The van der Waals surface area contributed by atoms with Crippen molar-refractivity contribution in [1.82, 2.24) is 19.1 Å². The quantitative estimate of drug-likeness (QED) is 0.190. The molecular formula is C46H28N4O. The second kappa shape index (κ2) is 10.8. The minimum atomic E-state index is 0.656. The Balaban J connectivity index is 1.13. The molecule has 0 spiro atoms. The molecule has 0 saturated heterocycles. The third-order valence-electron chi connectivity index (χ3n) is 10.1. The molecule has 7 aromatic carbocycles. The molecular weight excluding hydrogens is 625 g/mol.